The van der Waals surface area contributed by atoms with Crippen LogP contribution < -0.4 is 15.1 Å². The maximum atomic E-state index is 9.50. The number of nitrogens with zero attached hydrogens (tertiary/aromatic N) is 5. The van der Waals surface area contributed by atoms with E-state index in [1.165, 1.54) is 0 Å². The summed E-state index contributed by atoms with van der Waals surface area (Å²) >= 11 is 0. The first kappa shape index (κ1) is 17.1. The summed E-state index contributed by atoms with van der Waals surface area (Å²) in [4.78, 5) is 18.0. The molecule has 0 bridgehead atoms. The molecular formula is C15H26N6O3. The fourth-order valence-electron chi connectivity index (χ4n) is 2.56. The molecule has 2 saturated heterocycles. The molecule has 0 aromatic carbocycles. The van der Waals surface area contributed by atoms with E-state index in [0.717, 1.165) is 26.2 Å². The maximum Gasteiger partial charge on any atom is 0.232 e. The fourth-order valence-corrected chi connectivity index (χ4v) is 2.56. The van der Waals surface area contributed by atoms with Gasteiger partial charge in [0, 0.05) is 26.2 Å². The summed E-state index contributed by atoms with van der Waals surface area (Å²) in [5.41, 5.74) is -0.508. The standard InChI is InChI=1S/C15H26N6O3/c1-15(2,11-22)19-12-16-13(20-3-7-23-8-4-20)18-14(17-12)21-5-9-24-10-6-21/h22H,3-11H2,1-2H3,(H,16,17,18,19). The zero-order valence-corrected chi connectivity index (χ0v) is 14.4. The number of aromatic nitrogens is 3. The van der Waals surface area contributed by atoms with E-state index in [0.29, 0.717) is 44.3 Å². The molecule has 3 heterocycles. The van der Waals surface area contributed by atoms with E-state index in [4.69, 9.17) is 9.47 Å². The molecule has 0 atom stereocenters. The predicted octanol–water partition coefficient (Wildman–Crippen LogP) is -0.272. The Morgan fingerprint density at radius 1 is 0.917 bits per heavy atom. The second kappa shape index (κ2) is 7.45. The van der Waals surface area contributed by atoms with Gasteiger partial charge in [0.05, 0.1) is 38.6 Å². The normalized spacial score (nSPS) is 19.5. The highest BCUT2D eigenvalue weighted by molar-refractivity contribution is 5.46. The van der Waals surface area contributed by atoms with Gasteiger partial charge in [-0.15, -0.1) is 0 Å². The van der Waals surface area contributed by atoms with Crippen LogP contribution in [0, 0.1) is 0 Å². The molecule has 1 aromatic heterocycles. The quantitative estimate of drug-likeness (QED) is 0.752. The van der Waals surface area contributed by atoms with Crippen LogP contribution in [-0.4, -0.2) is 84.8 Å². The Kier molecular flexibility index (Phi) is 5.32. The summed E-state index contributed by atoms with van der Waals surface area (Å²) in [6.07, 6.45) is 0. The van der Waals surface area contributed by atoms with Crippen LogP contribution in [0.2, 0.25) is 0 Å². The smallest absolute Gasteiger partial charge is 0.232 e. The number of ether oxygens (including phenoxy) is 2. The largest absolute Gasteiger partial charge is 0.394 e. The maximum absolute atomic E-state index is 9.50. The first-order chi connectivity index (χ1) is 11.6. The lowest BCUT2D eigenvalue weighted by Gasteiger charge is -2.31. The third-order valence-corrected chi connectivity index (χ3v) is 4.05. The van der Waals surface area contributed by atoms with Gasteiger partial charge < -0.3 is 29.7 Å². The van der Waals surface area contributed by atoms with Crippen molar-refractivity contribution < 1.29 is 14.6 Å². The third kappa shape index (κ3) is 4.22. The summed E-state index contributed by atoms with van der Waals surface area (Å²) in [5.74, 6) is 1.77. The van der Waals surface area contributed by atoms with E-state index in [1.54, 1.807) is 0 Å². The molecule has 0 spiro atoms. The number of morpholine rings is 2. The second-order valence-electron chi connectivity index (χ2n) is 6.62. The van der Waals surface area contributed by atoms with E-state index in [-0.39, 0.29) is 6.61 Å². The van der Waals surface area contributed by atoms with E-state index in [9.17, 15) is 5.11 Å². The van der Waals surface area contributed by atoms with E-state index >= 15 is 0 Å². The average molecular weight is 338 g/mol. The SMILES string of the molecule is CC(C)(CO)Nc1nc(N2CCOCC2)nc(N2CCOCC2)n1. The number of rotatable bonds is 5. The molecule has 134 valence electrons. The zero-order chi connectivity index (χ0) is 17.0. The van der Waals surface area contributed by atoms with Crippen LogP contribution in [0.4, 0.5) is 17.8 Å². The highest BCUT2D eigenvalue weighted by atomic mass is 16.5. The highest BCUT2D eigenvalue weighted by Gasteiger charge is 2.23. The van der Waals surface area contributed by atoms with E-state index < -0.39 is 5.54 Å². The van der Waals surface area contributed by atoms with Crippen molar-refractivity contribution >= 4 is 17.8 Å². The first-order valence-electron chi connectivity index (χ1n) is 8.38. The Balaban J connectivity index is 1.88. The van der Waals surface area contributed by atoms with Crippen molar-refractivity contribution in [3.05, 3.63) is 0 Å². The van der Waals surface area contributed by atoms with Crippen LogP contribution in [-0.2, 0) is 9.47 Å². The van der Waals surface area contributed by atoms with Crippen molar-refractivity contribution in [2.45, 2.75) is 19.4 Å². The van der Waals surface area contributed by atoms with E-state index in [1.807, 2.05) is 13.8 Å². The van der Waals surface area contributed by atoms with Crippen molar-refractivity contribution in [3.63, 3.8) is 0 Å². The lowest BCUT2D eigenvalue weighted by Crippen LogP contribution is -2.41. The molecule has 2 N–H and O–H groups in total. The van der Waals surface area contributed by atoms with Crippen LogP contribution in [0.3, 0.4) is 0 Å². The number of hydrogen-bond donors (Lipinski definition) is 2. The van der Waals surface area contributed by atoms with Gasteiger partial charge in [-0.25, -0.2) is 0 Å². The molecule has 0 aliphatic carbocycles. The molecule has 0 radical (unpaired) electrons. The first-order valence-corrected chi connectivity index (χ1v) is 8.38. The molecule has 2 aliphatic rings. The Morgan fingerprint density at radius 3 is 1.79 bits per heavy atom. The molecule has 0 saturated carbocycles. The number of aliphatic hydroxyl groups excluding tert-OH is 1. The van der Waals surface area contributed by atoms with Gasteiger partial charge in [-0.3, -0.25) is 0 Å². The summed E-state index contributed by atoms with van der Waals surface area (Å²) in [7, 11) is 0. The summed E-state index contributed by atoms with van der Waals surface area (Å²) in [6.45, 7) is 9.51. The van der Waals surface area contributed by atoms with Gasteiger partial charge in [-0.1, -0.05) is 0 Å². The Labute approximate surface area is 142 Å². The van der Waals surface area contributed by atoms with Crippen molar-refractivity contribution in [2.24, 2.45) is 0 Å². The minimum Gasteiger partial charge on any atom is -0.394 e. The van der Waals surface area contributed by atoms with Crippen LogP contribution in [0.15, 0.2) is 0 Å². The molecule has 1 aromatic rings. The topological polar surface area (TPSA) is 95.9 Å². The summed E-state index contributed by atoms with van der Waals surface area (Å²) in [5, 5.41) is 12.7. The number of aliphatic hydroxyl groups is 1. The van der Waals surface area contributed by atoms with Crippen molar-refractivity contribution in [2.75, 3.05) is 74.3 Å². The van der Waals surface area contributed by atoms with Crippen molar-refractivity contribution in [3.8, 4) is 0 Å². The second-order valence-corrected chi connectivity index (χ2v) is 6.62. The van der Waals surface area contributed by atoms with Gasteiger partial charge in [0.1, 0.15) is 0 Å². The number of nitrogens with one attached hydrogen (secondary N) is 1. The molecule has 0 amide bonds. The van der Waals surface area contributed by atoms with Gasteiger partial charge in [-0.05, 0) is 13.8 Å². The molecule has 9 heteroatoms. The van der Waals surface area contributed by atoms with Gasteiger partial charge in [0.25, 0.3) is 0 Å². The average Bonchev–Trinajstić information content (AvgIpc) is 2.62. The van der Waals surface area contributed by atoms with Crippen LogP contribution in [0.5, 0.6) is 0 Å². The lowest BCUT2D eigenvalue weighted by atomic mass is 10.1. The molecule has 0 unspecified atom stereocenters. The predicted molar refractivity (Wildman–Crippen MR) is 90.7 cm³/mol. The van der Waals surface area contributed by atoms with Gasteiger partial charge >= 0.3 is 0 Å². The molecular weight excluding hydrogens is 312 g/mol. The van der Waals surface area contributed by atoms with Gasteiger partial charge in [0.2, 0.25) is 17.8 Å². The van der Waals surface area contributed by atoms with Gasteiger partial charge in [0.15, 0.2) is 0 Å². The Hall–Kier alpha value is -1.71. The minimum absolute atomic E-state index is 0.0154. The molecule has 9 nitrogen and oxygen atoms in total. The third-order valence-electron chi connectivity index (χ3n) is 4.05. The monoisotopic (exact) mass is 338 g/mol. The highest BCUT2D eigenvalue weighted by Crippen LogP contribution is 2.20. The molecule has 2 fully saturated rings. The van der Waals surface area contributed by atoms with Crippen molar-refractivity contribution in [1.29, 1.82) is 0 Å². The molecule has 2 aliphatic heterocycles. The van der Waals surface area contributed by atoms with E-state index in [2.05, 4.69) is 30.1 Å². The Bertz CT molecular complexity index is 508. The number of anilines is 3. The number of hydrogen-bond acceptors (Lipinski definition) is 9. The lowest BCUT2D eigenvalue weighted by molar-refractivity contribution is 0.121. The van der Waals surface area contributed by atoms with Crippen LogP contribution >= 0.6 is 0 Å². The summed E-state index contributed by atoms with van der Waals surface area (Å²) < 4.78 is 10.8. The zero-order valence-electron chi connectivity index (χ0n) is 14.4. The van der Waals surface area contributed by atoms with Gasteiger partial charge in [-0.2, -0.15) is 15.0 Å². The van der Waals surface area contributed by atoms with Crippen LogP contribution in [0.25, 0.3) is 0 Å². The van der Waals surface area contributed by atoms with Crippen LogP contribution in [0.1, 0.15) is 13.8 Å². The minimum atomic E-state index is -0.508. The molecule has 3 rings (SSSR count). The summed E-state index contributed by atoms with van der Waals surface area (Å²) in [6, 6.07) is 0. The van der Waals surface area contributed by atoms with Crippen molar-refractivity contribution in [1.82, 2.24) is 15.0 Å². The molecule has 24 heavy (non-hydrogen) atoms. The fraction of sp³-hybridized carbons (Fsp3) is 0.800. The Morgan fingerprint density at radius 2 is 1.38 bits per heavy atom.